The van der Waals surface area contributed by atoms with Crippen LogP contribution in [0, 0.1) is 18.3 Å². The fourth-order valence-electron chi connectivity index (χ4n) is 1.52. The van der Waals surface area contributed by atoms with Crippen LogP contribution in [0.1, 0.15) is 30.0 Å². The highest BCUT2D eigenvalue weighted by Crippen LogP contribution is 2.09. The van der Waals surface area contributed by atoms with E-state index in [0.717, 1.165) is 5.69 Å². The fraction of sp³-hybridized carbons (Fsp3) is 0.545. The molecule has 1 aromatic heterocycles. The number of aryl methyl sites for hydroxylation is 2. The summed E-state index contributed by atoms with van der Waals surface area (Å²) in [6.45, 7) is 5.71. The Bertz CT molecular complexity index is 428. The lowest BCUT2D eigenvalue weighted by molar-refractivity contribution is 0.0720. The maximum atomic E-state index is 12.1. The standard InChI is InChI=1S/C11H16N4O/c1-8(2)15(6-5-12)11(16)10-7-9(3)13-14(10)4/h7-8H,6H2,1-4H3. The van der Waals surface area contributed by atoms with Crippen molar-refractivity contribution in [3.63, 3.8) is 0 Å². The predicted octanol–water partition coefficient (Wildman–Crippen LogP) is 1.10. The van der Waals surface area contributed by atoms with Crippen LogP contribution in [0.25, 0.3) is 0 Å². The molecular weight excluding hydrogens is 204 g/mol. The Labute approximate surface area is 95.3 Å². The molecule has 0 aromatic carbocycles. The van der Waals surface area contributed by atoms with Crippen molar-refractivity contribution in [3.05, 3.63) is 17.5 Å². The van der Waals surface area contributed by atoms with E-state index in [1.54, 1.807) is 17.8 Å². The molecule has 0 saturated heterocycles. The number of amides is 1. The summed E-state index contributed by atoms with van der Waals surface area (Å²) in [5.41, 5.74) is 1.31. The first kappa shape index (κ1) is 12.2. The summed E-state index contributed by atoms with van der Waals surface area (Å²) >= 11 is 0. The van der Waals surface area contributed by atoms with Crippen LogP contribution in [0.2, 0.25) is 0 Å². The van der Waals surface area contributed by atoms with Crippen LogP contribution in [0.5, 0.6) is 0 Å². The van der Waals surface area contributed by atoms with Crippen molar-refractivity contribution in [2.45, 2.75) is 26.8 Å². The number of nitrogens with zero attached hydrogens (tertiary/aromatic N) is 4. The monoisotopic (exact) mass is 220 g/mol. The molecule has 0 N–H and O–H groups in total. The molecule has 0 atom stereocenters. The van der Waals surface area contributed by atoms with Gasteiger partial charge in [-0.1, -0.05) is 0 Å². The van der Waals surface area contributed by atoms with E-state index in [9.17, 15) is 4.79 Å². The van der Waals surface area contributed by atoms with Gasteiger partial charge in [0.25, 0.3) is 5.91 Å². The molecule has 0 aliphatic heterocycles. The summed E-state index contributed by atoms with van der Waals surface area (Å²) in [5.74, 6) is -0.153. The highest BCUT2D eigenvalue weighted by Gasteiger charge is 2.21. The number of aromatic nitrogens is 2. The van der Waals surface area contributed by atoms with Crippen molar-refractivity contribution in [2.24, 2.45) is 7.05 Å². The van der Waals surface area contributed by atoms with Gasteiger partial charge in [0, 0.05) is 13.1 Å². The lowest BCUT2D eigenvalue weighted by atomic mass is 10.2. The molecule has 0 spiro atoms. The average Bonchev–Trinajstić information content (AvgIpc) is 2.53. The zero-order chi connectivity index (χ0) is 12.3. The number of hydrogen-bond acceptors (Lipinski definition) is 3. The van der Waals surface area contributed by atoms with Crippen molar-refractivity contribution in [1.29, 1.82) is 5.26 Å². The maximum absolute atomic E-state index is 12.1. The average molecular weight is 220 g/mol. The van der Waals surface area contributed by atoms with Gasteiger partial charge in [-0.15, -0.1) is 0 Å². The van der Waals surface area contributed by atoms with Crippen LogP contribution < -0.4 is 0 Å². The normalized spacial score (nSPS) is 10.2. The van der Waals surface area contributed by atoms with Gasteiger partial charge in [0.15, 0.2) is 0 Å². The molecule has 0 unspecified atom stereocenters. The van der Waals surface area contributed by atoms with E-state index >= 15 is 0 Å². The molecule has 1 rings (SSSR count). The van der Waals surface area contributed by atoms with E-state index in [2.05, 4.69) is 5.10 Å². The molecule has 0 aliphatic carbocycles. The third kappa shape index (κ3) is 2.40. The molecule has 0 saturated carbocycles. The lowest BCUT2D eigenvalue weighted by Crippen LogP contribution is -2.38. The largest absolute Gasteiger partial charge is 0.322 e. The van der Waals surface area contributed by atoms with Gasteiger partial charge in [0.2, 0.25) is 0 Å². The third-order valence-corrected chi connectivity index (χ3v) is 2.35. The highest BCUT2D eigenvalue weighted by molar-refractivity contribution is 5.93. The third-order valence-electron chi connectivity index (χ3n) is 2.35. The van der Waals surface area contributed by atoms with Crippen molar-refractivity contribution >= 4 is 5.91 Å². The van der Waals surface area contributed by atoms with Gasteiger partial charge < -0.3 is 4.90 Å². The summed E-state index contributed by atoms with van der Waals surface area (Å²) in [5, 5.41) is 12.8. The second-order valence-corrected chi connectivity index (χ2v) is 3.98. The number of nitriles is 1. The summed E-state index contributed by atoms with van der Waals surface area (Å²) < 4.78 is 1.55. The molecular formula is C11H16N4O. The van der Waals surface area contributed by atoms with Crippen molar-refractivity contribution in [1.82, 2.24) is 14.7 Å². The minimum atomic E-state index is -0.153. The summed E-state index contributed by atoms with van der Waals surface area (Å²) in [4.78, 5) is 13.6. The number of rotatable bonds is 3. The Hall–Kier alpha value is -1.83. The zero-order valence-corrected chi connectivity index (χ0v) is 10.1. The van der Waals surface area contributed by atoms with E-state index < -0.39 is 0 Å². The molecule has 86 valence electrons. The lowest BCUT2D eigenvalue weighted by Gasteiger charge is -2.23. The van der Waals surface area contributed by atoms with Gasteiger partial charge >= 0.3 is 0 Å². The topological polar surface area (TPSA) is 61.9 Å². The maximum Gasteiger partial charge on any atom is 0.273 e. The Morgan fingerprint density at radius 2 is 2.31 bits per heavy atom. The van der Waals surface area contributed by atoms with Crippen molar-refractivity contribution in [2.75, 3.05) is 6.54 Å². The first-order chi connectivity index (χ1) is 7.47. The number of carbonyl (C=O) groups is 1. The summed E-state index contributed by atoms with van der Waals surface area (Å²) in [7, 11) is 1.73. The molecule has 0 bridgehead atoms. The molecule has 0 radical (unpaired) electrons. The summed E-state index contributed by atoms with van der Waals surface area (Å²) in [6, 6.07) is 3.73. The second kappa shape index (κ2) is 4.79. The SMILES string of the molecule is Cc1cc(C(=O)N(CC#N)C(C)C)n(C)n1. The van der Waals surface area contributed by atoms with Gasteiger partial charge in [-0.3, -0.25) is 9.48 Å². The van der Waals surface area contributed by atoms with E-state index in [4.69, 9.17) is 5.26 Å². The van der Waals surface area contributed by atoms with Gasteiger partial charge in [-0.05, 0) is 26.8 Å². The van der Waals surface area contributed by atoms with Gasteiger partial charge in [0.1, 0.15) is 12.2 Å². The molecule has 5 heteroatoms. The smallest absolute Gasteiger partial charge is 0.273 e. The fourth-order valence-corrected chi connectivity index (χ4v) is 1.52. The first-order valence-electron chi connectivity index (χ1n) is 5.16. The van der Waals surface area contributed by atoms with E-state index in [-0.39, 0.29) is 18.5 Å². The molecule has 16 heavy (non-hydrogen) atoms. The van der Waals surface area contributed by atoms with Crippen LogP contribution in [0.3, 0.4) is 0 Å². The van der Waals surface area contributed by atoms with Crippen molar-refractivity contribution < 1.29 is 4.79 Å². The zero-order valence-electron chi connectivity index (χ0n) is 10.1. The molecule has 1 amide bonds. The Morgan fingerprint density at radius 3 is 2.69 bits per heavy atom. The molecule has 0 aliphatic rings. The van der Waals surface area contributed by atoms with E-state index in [1.807, 2.05) is 26.8 Å². The Morgan fingerprint density at radius 1 is 1.69 bits per heavy atom. The number of hydrogen-bond donors (Lipinski definition) is 0. The minimum Gasteiger partial charge on any atom is -0.322 e. The van der Waals surface area contributed by atoms with Crippen molar-refractivity contribution in [3.8, 4) is 6.07 Å². The molecule has 1 aromatic rings. The van der Waals surface area contributed by atoms with Gasteiger partial charge in [-0.2, -0.15) is 10.4 Å². The predicted molar refractivity (Wildman–Crippen MR) is 59.7 cm³/mol. The molecule has 5 nitrogen and oxygen atoms in total. The van der Waals surface area contributed by atoms with Crippen LogP contribution in [-0.2, 0) is 7.05 Å². The highest BCUT2D eigenvalue weighted by atomic mass is 16.2. The van der Waals surface area contributed by atoms with E-state index in [1.165, 1.54) is 4.90 Å². The quantitative estimate of drug-likeness (QED) is 0.717. The van der Waals surface area contributed by atoms with Crippen LogP contribution in [-0.4, -0.2) is 33.2 Å². The summed E-state index contributed by atoms with van der Waals surface area (Å²) in [6.07, 6.45) is 0. The first-order valence-corrected chi connectivity index (χ1v) is 5.16. The van der Waals surface area contributed by atoms with Gasteiger partial charge in [-0.25, -0.2) is 0 Å². The second-order valence-electron chi connectivity index (χ2n) is 3.98. The van der Waals surface area contributed by atoms with Crippen LogP contribution >= 0.6 is 0 Å². The minimum absolute atomic E-state index is 0.00218. The van der Waals surface area contributed by atoms with E-state index in [0.29, 0.717) is 5.69 Å². The van der Waals surface area contributed by atoms with Crippen LogP contribution in [0.4, 0.5) is 0 Å². The van der Waals surface area contributed by atoms with Crippen LogP contribution in [0.15, 0.2) is 6.07 Å². The van der Waals surface area contributed by atoms with Gasteiger partial charge in [0.05, 0.1) is 11.8 Å². The Kier molecular flexibility index (Phi) is 3.67. The Balaban J connectivity index is 3.00. The molecule has 0 fully saturated rings. The number of carbonyl (C=O) groups excluding carboxylic acids is 1. The molecule has 1 heterocycles.